The summed E-state index contributed by atoms with van der Waals surface area (Å²) >= 11 is 0. The average Bonchev–Trinajstić information content (AvgIpc) is 2.39. The number of anilines is 2. The van der Waals surface area contributed by atoms with Crippen molar-refractivity contribution in [3.8, 4) is 0 Å². The molecule has 2 amide bonds. The molecule has 0 aliphatic rings. The molecule has 2 N–H and O–H groups in total. The van der Waals surface area contributed by atoms with Crippen molar-refractivity contribution in [2.45, 2.75) is 19.8 Å². The first-order valence-electron chi connectivity index (χ1n) is 6.79. The SMILES string of the molecule is Bc1cccc(NC(=O)Nc2ccc(C(C)C)cc2)c1. The highest BCUT2D eigenvalue weighted by Crippen LogP contribution is 2.17. The number of hydrogen-bond acceptors (Lipinski definition) is 1. The van der Waals surface area contributed by atoms with Gasteiger partial charge >= 0.3 is 6.03 Å². The van der Waals surface area contributed by atoms with E-state index in [0.717, 1.165) is 16.8 Å². The van der Waals surface area contributed by atoms with Gasteiger partial charge < -0.3 is 10.6 Å². The van der Waals surface area contributed by atoms with E-state index in [0.29, 0.717) is 5.92 Å². The lowest BCUT2D eigenvalue weighted by Crippen LogP contribution is -2.20. The fraction of sp³-hybridized carbons (Fsp3) is 0.188. The molecular formula is C16H19BN2O. The fourth-order valence-corrected chi connectivity index (χ4v) is 1.97. The van der Waals surface area contributed by atoms with E-state index in [1.165, 1.54) is 5.56 Å². The smallest absolute Gasteiger partial charge is 0.308 e. The van der Waals surface area contributed by atoms with Crippen molar-refractivity contribution < 1.29 is 4.79 Å². The number of amides is 2. The van der Waals surface area contributed by atoms with Crippen molar-refractivity contribution in [1.29, 1.82) is 0 Å². The number of rotatable bonds is 3. The van der Waals surface area contributed by atoms with Crippen LogP contribution in [0.1, 0.15) is 25.3 Å². The Balaban J connectivity index is 1.97. The predicted octanol–water partition coefficient (Wildman–Crippen LogP) is 2.71. The molecule has 0 aliphatic carbocycles. The summed E-state index contributed by atoms with van der Waals surface area (Å²) in [5, 5.41) is 5.64. The Morgan fingerprint density at radius 2 is 1.65 bits per heavy atom. The number of carbonyl (C=O) groups excluding carboxylic acids is 1. The third-order valence-electron chi connectivity index (χ3n) is 3.11. The summed E-state index contributed by atoms with van der Waals surface area (Å²) in [5.74, 6) is 0.491. The molecule has 2 rings (SSSR count). The molecular weight excluding hydrogens is 247 g/mol. The van der Waals surface area contributed by atoms with E-state index in [2.05, 4.69) is 24.5 Å². The summed E-state index contributed by atoms with van der Waals surface area (Å²) in [7, 11) is 1.99. The second kappa shape index (κ2) is 6.28. The van der Waals surface area contributed by atoms with Crippen LogP contribution < -0.4 is 16.1 Å². The van der Waals surface area contributed by atoms with Crippen molar-refractivity contribution in [3.63, 3.8) is 0 Å². The van der Waals surface area contributed by atoms with Crippen LogP contribution in [0.5, 0.6) is 0 Å². The van der Waals surface area contributed by atoms with Gasteiger partial charge in [0.2, 0.25) is 0 Å². The van der Waals surface area contributed by atoms with E-state index in [9.17, 15) is 4.79 Å². The molecule has 0 atom stereocenters. The molecule has 0 aromatic heterocycles. The van der Waals surface area contributed by atoms with Gasteiger partial charge in [0.1, 0.15) is 7.85 Å². The minimum absolute atomic E-state index is 0.229. The maximum atomic E-state index is 11.9. The Labute approximate surface area is 120 Å². The topological polar surface area (TPSA) is 41.1 Å². The first-order chi connectivity index (χ1) is 9.54. The molecule has 0 unspecified atom stereocenters. The number of carbonyl (C=O) groups is 1. The zero-order chi connectivity index (χ0) is 14.5. The minimum atomic E-state index is -0.229. The Morgan fingerprint density at radius 1 is 1.00 bits per heavy atom. The van der Waals surface area contributed by atoms with Gasteiger partial charge in [-0.05, 0) is 35.7 Å². The molecule has 0 radical (unpaired) electrons. The predicted molar refractivity (Wildman–Crippen MR) is 87.8 cm³/mol. The molecule has 2 aromatic rings. The van der Waals surface area contributed by atoms with Crippen LogP contribution in [0.15, 0.2) is 48.5 Å². The lowest BCUT2D eigenvalue weighted by molar-refractivity contribution is 0.262. The molecule has 0 fully saturated rings. The molecule has 2 aromatic carbocycles. The normalized spacial score (nSPS) is 10.3. The minimum Gasteiger partial charge on any atom is -0.308 e. The Kier molecular flexibility index (Phi) is 4.46. The zero-order valence-corrected chi connectivity index (χ0v) is 12.1. The van der Waals surface area contributed by atoms with Crippen LogP contribution in [0.4, 0.5) is 16.2 Å². The Morgan fingerprint density at radius 3 is 2.25 bits per heavy atom. The van der Waals surface area contributed by atoms with Crippen LogP contribution in [0.25, 0.3) is 0 Å². The van der Waals surface area contributed by atoms with Crippen LogP contribution in [0.3, 0.4) is 0 Å². The van der Waals surface area contributed by atoms with Crippen LogP contribution in [-0.2, 0) is 0 Å². The highest BCUT2D eigenvalue weighted by atomic mass is 16.2. The van der Waals surface area contributed by atoms with Gasteiger partial charge in [-0.3, -0.25) is 0 Å². The average molecular weight is 266 g/mol. The van der Waals surface area contributed by atoms with E-state index < -0.39 is 0 Å². The van der Waals surface area contributed by atoms with E-state index in [-0.39, 0.29) is 6.03 Å². The second-order valence-corrected chi connectivity index (χ2v) is 5.23. The van der Waals surface area contributed by atoms with Crippen molar-refractivity contribution >= 4 is 30.7 Å². The molecule has 0 bridgehead atoms. The van der Waals surface area contributed by atoms with Crippen LogP contribution in [0, 0.1) is 0 Å². The first-order valence-corrected chi connectivity index (χ1v) is 6.79. The number of urea groups is 1. The molecule has 0 saturated heterocycles. The van der Waals surface area contributed by atoms with Crippen molar-refractivity contribution in [2.75, 3.05) is 10.6 Å². The van der Waals surface area contributed by atoms with Gasteiger partial charge in [0.25, 0.3) is 0 Å². The molecule has 0 heterocycles. The van der Waals surface area contributed by atoms with Crippen LogP contribution in [0.2, 0.25) is 0 Å². The molecule has 0 spiro atoms. The van der Waals surface area contributed by atoms with Crippen LogP contribution in [-0.4, -0.2) is 13.9 Å². The van der Waals surface area contributed by atoms with Crippen molar-refractivity contribution in [1.82, 2.24) is 0 Å². The first kappa shape index (κ1) is 14.2. The summed E-state index contributed by atoms with van der Waals surface area (Å²) in [6.07, 6.45) is 0. The lowest BCUT2D eigenvalue weighted by atomic mass is 9.96. The monoisotopic (exact) mass is 266 g/mol. The van der Waals surface area contributed by atoms with Gasteiger partial charge in [-0.1, -0.05) is 43.6 Å². The maximum Gasteiger partial charge on any atom is 0.323 e. The number of hydrogen-bond donors (Lipinski definition) is 2. The maximum absolute atomic E-state index is 11.9. The summed E-state index contributed by atoms with van der Waals surface area (Å²) in [6, 6.07) is 15.4. The number of benzene rings is 2. The number of nitrogens with one attached hydrogen (secondary N) is 2. The molecule has 0 saturated carbocycles. The van der Waals surface area contributed by atoms with Crippen LogP contribution >= 0.6 is 0 Å². The Bertz CT molecular complexity index is 594. The van der Waals surface area contributed by atoms with Gasteiger partial charge in [0, 0.05) is 11.4 Å². The third-order valence-corrected chi connectivity index (χ3v) is 3.11. The molecule has 20 heavy (non-hydrogen) atoms. The standard InChI is InChI=1S/C16H19BN2O/c1-11(2)12-6-8-14(9-7-12)18-16(20)19-15-5-3-4-13(17)10-15/h3-11H,17H2,1-2H3,(H2,18,19,20). The quantitative estimate of drug-likeness (QED) is 0.824. The molecule has 3 nitrogen and oxygen atoms in total. The van der Waals surface area contributed by atoms with E-state index in [1.54, 1.807) is 0 Å². The zero-order valence-electron chi connectivity index (χ0n) is 12.1. The fourth-order valence-electron chi connectivity index (χ4n) is 1.97. The third kappa shape index (κ3) is 3.88. The van der Waals surface area contributed by atoms with E-state index in [1.807, 2.05) is 56.4 Å². The van der Waals surface area contributed by atoms with Gasteiger partial charge in [-0.25, -0.2) is 4.79 Å². The largest absolute Gasteiger partial charge is 0.323 e. The Hall–Kier alpha value is -2.23. The second-order valence-electron chi connectivity index (χ2n) is 5.23. The van der Waals surface area contributed by atoms with E-state index in [4.69, 9.17) is 0 Å². The molecule has 4 heteroatoms. The van der Waals surface area contributed by atoms with Gasteiger partial charge in [-0.2, -0.15) is 0 Å². The summed E-state index contributed by atoms with van der Waals surface area (Å²) < 4.78 is 0. The van der Waals surface area contributed by atoms with Gasteiger partial charge in [-0.15, -0.1) is 0 Å². The summed E-state index contributed by atoms with van der Waals surface area (Å²) in [6.45, 7) is 4.29. The van der Waals surface area contributed by atoms with Gasteiger partial charge in [0.15, 0.2) is 0 Å². The molecule has 102 valence electrons. The van der Waals surface area contributed by atoms with Crippen molar-refractivity contribution in [3.05, 3.63) is 54.1 Å². The lowest BCUT2D eigenvalue weighted by Gasteiger charge is -2.10. The van der Waals surface area contributed by atoms with E-state index >= 15 is 0 Å². The van der Waals surface area contributed by atoms with Crippen molar-refractivity contribution in [2.24, 2.45) is 0 Å². The summed E-state index contributed by atoms with van der Waals surface area (Å²) in [5.41, 5.74) is 3.96. The highest BCUT2D eigenvalue weighted by molar-refractivity contribution is 6.32. The molecule has 0 aliphatic heterocycles. The van der Waals surface area contributed by atoms with Gasteiger partial charge in [0.05, 0.1) is 0 Å². The summed E-state index contributed by atoms with van der Waals surface area (Å²) in [4.78, 5) is 11.9. The highest BCUT2D eigenvalue weighted by Gasteiger charge is 2.03.